The Morgan fingerprint density at radius 3 is 2.90 bits per heavy atom. The molecule has 1 heterocycles. The highest BCUT2D eigenvalue weighted by Crippen LogP contribution is 2.26. The zero-order valence-corrected chi connectivity index (χ0v) is 12.3. The van der Waals surface area contributed by atoms with E-state index < -0.39 is 0 Å². The SMILES string of the molecule is CCCNc1cnccc1C(=O)NCCC1CCCC1. The van der Waals surface area contributed by atoms with Gasteiger partial charge in [-0.05, 0) is 24.8 Å². The smallest absolute Gasteiger partial charge is 0.253 e. The second-order valence-electron chi connectivity index (χ2n) is 5.54. The van der Waals surface area contributed by atoms with E-state index in [1.165, 1.54) is 25.7 Å². The second-order valence-corrected chi connectivity index (χ2v) is 5.54. The quantitative estimate of drug-likeness (QED) is 0.803. The molecule has 0 spiro atoms. The molecule has 0 bridgehead atoms. The van der Waals surface area contributed by atoms with Crippen LogP contribution in [0.25, 0.3) is 0 Å². The van der Waals surface area contributed by atoms with Crippen LogP contribution < -0.4 is 10.6 Å². The van der Waals surface area contributed by atoms with Crippen LogP contribution in [0.4, 0.5) is 5.69 Å². The number of nitrogens with zero attached hydrogens (tertiary/aromatic N) is 1. The summed E-state index contributed by atoms with van der Waals surface area (Å²) in [6, 6.07) is 1.78. The number of amides is 1. The number of rotatable bonds is 7. The average Bonchev–Trinajstić information content (AvgIpc) is 2.98. The molecule has 1 aliphatic carbocycles. The standard InChI is InChI=1S/C16H25N3O/c1-2-9-18-15-12-17-10-8-14(15)16(20)19-11-7-13-5-3-4-6-13/h8,10,12-13,18H,2-7,9,11H2,1H3,(H,19,20). The highest BCUT2D eigenvalue weighted by atomic mass is 16.1. The van der Waals surface area contributed by atoms with Gasteiger partial charge < -0.3 is 10.6 Å². The molecule has 0 radical (unpaired) electrons. The summed E-state index contributed by atoms with van der Waals surface area (Å²) < 4.78 is 0. The molecule has 0 unspecified atom stereocenters. The van der Waals surface area contributed by atoms with Gasteiger partial charge in [0.05, 0.1) is 17.4 Å². The molecule has 0 aliphatic heterocycles. The van der Waals surface area contributed by atoms with E-state index in [0.29, 0.717) is 5.56 Å². The Hall–Kier alpha value is -1.58. The number of carbonyl (C=O) groups excluding carboxylic acids is 1. The molecule has 20 heavy (non-hydrogen) atoms. The van der Waals surface area contributed by atoms with Crippen LogP contribution in [-0.2, 0) is 0 Å². The fourth-order valence-electron chi connectivity index (χ4n) is 2.78. The third-order valence-electron chi connectivity index (χ3n) is 3.94. The van der Waals surface area contributed by atoms with Crippen molar-refractivity contribution in [1.82, 2.24) is 10.3 Å². The van der Waals surface area contributed by atoms with Gasteiger partial charge in [0, 0.05) is 19.3 Å². The first-order valence-corrected chi connectivity index (χ1v) is 7.77. The van der Waals surface area contributed by atoms with Gasteiger partial charge in [0.2, 0.25) is 0 Å². The Morgan fingerprint density at radius 2 is 2.15 bits per heavy atom. The molecule has 0 aromatic carbocycles. The molecule has 1 amide bonds. The van der Waals surface area contributed by atoms with Gasteiger partial charge in [-0.1, -0.05) is 32.6 Å². The molecule has 1 aromatic rings. The molecule has 110 valence electrons. The van der Waals surface area contributed by atoms with E-state index in [1.807, 2.05) is 0 Å². The van der Waals surface area contributed by atoms with Gasteiger partial charge in [0.15, 0.2) is 0 Å². The Morgan fingerprint density at radius 1 is 1.35 bits per heavy atom. The van der Waals surface area contributed by atoms with E-state index in [4.69, 9.17) is 0 Å². The van der Waals surface area contributed by atoms with Gasteiger partial charge in [0.25, 0.3) is 5.91 Å². The van der Waals surface area contributed by atoms with E-state index in [-0.39, 0.29) is 5.91 Å². The minimum atomic E-state index is 0.00370. The van der Waals surface area contributed by atoms with Crippen molar-refractivity contribution in [2.75, 3.05) is 18.4 Å². The molecule has 2 rings (SSSR count). The Balaban J connectivity index is 1.84. The number of aromatic nitrogens is 1. The average molecular weight is 275 g/mol. The van der Waals surface area contributed by atoms with Crippen molar-refractivity contribution in [2.45, 2.75) is 45.4 Å². The lowest BCUT2D eigenvalue weighted by atomic mass is 10.0. The van der Waals surface area contributed by atoms with Gasteiger partial charge in [-0.2, -0.15) is 0 Å². The van der Waals surface area contributed by atoms with Gasteiger partial charge in [0.1, 0.15) is 0 Å². The molecular formula is C16H25N3O. The number of hydrogen-bond acceptors (Lipinski definition) is 3. The predicted molar refractivity (Wildman–Crippen MR) is 81.9 cm³/mol. The summed E-state index contributed by atoms with van der Waals surface area (Å²) in [6.07, 6.45) is 10.9. The van der Waals surface area contributed by atoms with Crippen molar-refractivity contribution < 1.29 is 4.79 Å². The van der Waals surface area contributed by atoms with Crippen molar-refractivity contribution >= 4 is 11.6 Å². The van der Waals surface area contributed by atoms with E-state index in [2.05, 4.69) is 22.5 Å². The minimum absolute atomic E-state index is 0.00370. The van der Waals surface area contributed by atoms with Crippen molar-refractivity contribution in [1.29, 1.82) is 0 Å². The highest BCUT2D eigenvalue weighted by molar-refractivity contribution is 5.99. The first-order valence-electron chi connectivity index (χ1n) is 7.77. The first kappa shape index (κ1) is 14.8. The topological polar surface area (TPSA) is 54.0 Å². The third kappa shape index (κ3) is 4.22. The predicted octanol–water partition coefficient (Wildman–Crippen LogP) is 3.21. The van der Waals surface area contributed by atoms with Crippen LogP contribution in [0.5, 0.6) is 0 Å². The largest absolute Gasteiger partial charge is 0.383 e. The lowest BCUT2D eigenvalue weighted by Crippen LogP contribution is -2.26. The summed E-state index contributed by atoms with van der Waals surface area (Å²) in [5.41, 5.74) is 1.52. The maximum Gasteiger partial charge on any atom is 0.253 e. The minimum Gasteiger partial charge on any atom is -0.383 e. The van der Waals surface area contributed by atoms with Crippen LogP contribution >= 0.6 is 0 Å². The lowest BCUT2D eigenvalue weighted by molar-refractivity contribution is 0.0952. The van der Waals surface area contributed by atoms with Gasteiger partial charge in [-0.3, -0.25) is 9.78 Å². The summed E-state index contributed by atoms with van der Waals surface area (Å²) in [5, 5.41) is 6.29. The zero-order valence-electron chi connectivity index (χ0n) is 12.3. The summed E-state index contributed by atoms with van der Waals surface area (Å²) >= 11 is 0. The molecule has 1 saturated carbocycles. The molecule has 1 aromatic heterocycles. The number of nitrogens with one attached hydrogen (secondary N) is 2. The molecule has 1 fully saturated rings. The fraction of sp³-hybridized carbons (Fsp3) is 0.625. The molecular weight excluding hydrogens is 250 g/mol. The van der Waals surface area contributed by atoms with Gasteiger partial charge in [-0.25, -0.2) is 0 Å². The van der Waals surface area contributed by atoms with E-state index in [1.54, 1.807) is 18.5 Å². The Labute approximate surface area is 121 Å². The van der Waals surface area contributed by atoms with Crippen molar-refractivity contribution in [3.63, 3.8) is 0 Å². The van der Waals surface area contributed by atoms with Crippen molar-refractivity contribution in [2.24, 2.45) is 5.92 Å². The number of pyridine rings is 1. The zero-order chi connectivity index (χ0) is 14.2. The van der Waals surface area contributed by atoms with Crippen molar-refractivity contribution in [3.05, 3.63) is 24.0 Å². The third-order valence-corrected chi connectivity index (χ3v) is 3.94. The van der Waals surface area contributed by atoms with Crippen LogP contribution in [0.15, 0.2) is 18.5 Å². The lowest BCUT2D eigenvalue weighted by Gasteiger charge is -2.12. The molecule has 4 heteroatoms. The number of carbonyl (C=O) groups is 1. The fourth-order valence-corrected chi connectivity index (χ4v) is 2.78. The number of anilines is 1. The Kier molecular flexibility index (Phi) is 5.84. The van der Waals surface area contributed by atoms with E-state index in [9.17, 15) is 4.79 Å². The molecule has 0 atom stereocenters. The van der Waals surface area contributed by atoms with Crippen LogP contribution in [0.3, 0.4) is 0 Å². The molecule has 2 N–H and O–H groups in total. The maximum absolute atomic E-state index is 12.2. The van der Waals surface area contributed by atoms with Crippen LogP contribution in [0.2, 0.25) is 0 Å². The normalized spacial score (nSPS) is 15.2. The summed E-state index contributed by atoms with van der Waals surface area (Å²) in [6.45, 7) is 3.73. The molecule has 1 aliphatic rings. The Bertz CT molecular complexity index is 427. The van der Waals surface area contributed by atoms with Crippen LogP contribution in [0, 0.1) is 5.92 Å². The second kappa shape index (κ2) is 7.88. The summed E-state index contributed by atoms with van der Waals surface area (Å²) in [5.74, 6) is 0.814. The van der Waals surface area contributed by atoms with Crippen LogP contribution in [-0.4, -0.2) is 24.0 Å². The maximum atomic E-state index is 12.2. The van der Waals surface area contributed by atoms with Gasteiger partial charge >= 0.3 is 0 Å². The molecule has 4 nitrogen and oxygen atoms in total. The van der Waals surface area contributed by atoms with Crippen molar-refractivity contribution in [3.8, 4) is 0 Å². The summed E-state index contributed by atoms with van der Waals surface area (Å²) in [4.78, 5) is 16.3. The monoisotopic (exact) mass is 275 g/mol. The molecule has 0 saturated heterocycles. The first-order chi connectivity index (χ1) is 9.81. The van der Waals surface area contributed by atoms with Gasteiger partial charge in [-0.15, -0.1) is 0 Å². The van der Waals surface area contributed by atoms with Crippen LogP contribution in [0.1, 0.15) is 55.8 Å². The highest BCUT2D eigenvalue weighted by Gasteiger charge is 2.15. The van der Waals surface area contributed by atoms with E-state index >= 15 is 0 Å². The van der Waals surface area contributed by atoms with E-state index in [0.717, 1.165) is 37.5 Å². The summed E-state index contributed by atoms with van der Waals surface area (Å²) in [7, 11) is 0. The number of hydrogen-bond donors (Lipinski definition) is 2.